The highest BCUT2D eigenvalue weighted by Gasteiger charge is 2.12. The van der Waals surface area contributed by atoms with Crippen molar-refractivity contribution in [3.8, 4) is 0 Å². The van der Waals surface area contributed by atoms with Crippen molar-refractivity contribution in [3.63, 3.8) is 0 Å². The van der Waals surface area contributed by atoms with Crippen LogP contribution in [0.2, 0.25) is 0 Å². The maximum absolute atomic E-state index is 12.2. The molecule has 1 N–H and O–H groups in total. The quantitative estimate of drug-likeness (QED) is 0.530. The molecule has 1 heterocycles. The standard InChI is InChI=1S/C21H19NO6/c1-3-26-21(25)22-16-8-9-17-15(10-19(23)28-18(17)11-16)12-27-20(24)14-6-4-13(2)5-7-14/h4-11H,3,12H2,1-2H3,(H,22,25). The summed E-state index contributed by atoms with van der Waals surface area (Å²) in [6, 6.07) is 13.1. The van der Waals surface area contributed by atoms with Crippen LogP contribution in [-0.4, -0.2) is 18.7 Å². The normalized spacial score (nSPS) is 10.5. The molecule has 144 valence electrons. The van der Waals surface area contributed by atoms with E-state index >= 15 is 0 Å². The monoisotopic (exact) mass is 381 g/mol. The molecule has 3 aromatic rings. The first-order valence-electron chi connectivity index (χ1n) is 8.70. The van der Waals surface area contributed by atoms with Gasteiger partial charge in [0.05, 0.1) is 12.2 Å². The third-order valence-corrected chi connectivity index (χ3v) is 4.00. The molecule has 0 saturated heterocycles. The zero-order chi connectivity index (χ0) is 20.1. The van der Waals surface area contributed by atoms with Gasteiger partial charge in [-0.15, -0.1) is 0 Å². The molecule has 0 fully saturated rings. The number of rotatable bonds is 5. The third kappa shape index (κ3) is 4.56. The lowest BCUT2D eigenvalue weighted by Crippen LogP contribution is -2.13. The van der Waals surface area contributed by atoms with Gasteiger partial charge in [0, 0.05) is 28.8 Å². The average Bonchev–Trinajstić information content (AvgIpc) is 2.66. The Balaban J connectivity index is 1.80. The molecule has 3 rings (SSSR count). The van der Waals surface area contributed by atoms with Gasteiger partial charge in [0.25, 0.3) is 0 Å². The Labute approximate surface area is 160 Å². The Hall–Kier alpha value is -3.61. The van der Waals surface area contributed by atoms with Gasteiger partial charge in [0.15, 0.2) is 0 Å². The molecule has 28 heavy (non-hydrogen) atoms. The zero-order valence-corrected chi connectivity index (χ0v) is 15.5. The molecule has 0 atom stereocenters. The highest BCUT2D eigenvalue weighted by molar-refractivity contribution is 5.91. The molecule has 0 aliphatic heterocycles. The number of esters is 1. The van der Waals surface area contributed by atoms with Gasteiger partial charge >= 0.3 is 17.7 Å². The van der Waals surface area contributed by atoms with Crippen LogP contribution in [-0.2, 0) is 16.1 Å². The highest BCUT2D eigenvalue weighted by atomic mass is 16.5. The van der Waals surface area contributed by atoms with Gasteiger partial charge in [0.1, 0.15) is 12.2 Å². The minimum absolute atomic E-state index is 0.0839. The molecule has 7 heteroatoms. The van der Waals surface area contributed by atoms with Gasteiger partial charge in [-0.05, 0) is 38.1 Å². The van der Waals surface area contributed by atoms with E-state index in [9.17, 15) is 14.4 Å². The van der Waals surface area contributed by atoms with Gasteiger partial charge in [-0.2, -0.15) is 0 Å². The summed E-state index contributed by atoms with van der Waals surface area (Å²) in [5, 5.41) is 3.14. The third-order valence-electron chi connectivity index (χ3n) is 4.00. The van der Waals surface area contributed by atoms with Crippen LogP contribution in [0.3, 0.4) is 0 Å². The number of fused-ring (bicyclic) bond motifs is 1. The fraction of sp³-hybridized carbons (Fsp3) is 0.190. The predicted octanol–water partition coefficient (Wildman–Crippen LogP) is 4.03. The van der Waals surface area contributed by atoms with E-state index in [0.29, 0.717) is 22.2 Å². The van der Waals surface area contributed by atoms with E-state index < -0.39 is 17.7 Å². The number of carbonyl (C=O) groups is 2. The summed E-state index contributed by atoms with van der Waals surface area (Å²) in [5.41, 5.74) is 2.08. The molecular weight excluding hydrogens is 362 g/mol. The van der Waals surface area contributed by atoms with Crippen LogP contribution in [0.15, 0.2) is 57.7 Å². The van der Waals surface area contributed by atoms with Crippen LogP contribution in [0.1, 0.15) is 28.4 Å². The Morgan fingerprint density at radius 3 is 2.50 bits per heavy atom. The van der Waals surface area contributed by atoms with E-state index in [1.54, 1.807) is 31.2 Å². The minimum atomic E-state index is -0.604. The highest BCUT2D eigenvalue weighted by Crippen LogP contribution is 2.22. The van der Waals surface area contributed by atoms with Gasteiger partial charge in [-0.25, -0.2) is 14.4 Å². The lowest BCUT2D eigenvalue weighted by Gasteiger charge is -2.09. The summed E-state index contributed by atoms with van der Waals surface area (Å²) in [5.74, 6) is -0.484. The number of hydrogen-bond donors (Lipinski definition) is 1. The second-order valence-corrected chi connectivity index (χ2v) is 6.09. The summed E-state index contributed by atoms with van der Waals surface area (Å²) in [4.78, 5) is 35.6. The van der Waals surface area contributed by atoms with E-state index in [4.69, 9.17) is 13.9 Å². The Morgan fingerprint density at radius 1 is 1.04 bits per heavy atom. The van der Waals surface area contributed by atoms with E-state index in [1.807, 2.05) is 19.1 Å². The number of ether oxygens (including phenoxy) is 2. The summed E-state index contributed by atoms with van der Waals surface area (Å²) in [7, 11) is 0. The number of nitrogens with one attached hydrogen (secondary N) is 1. The number of aryl methyl sites for hydroxylation is 1. The maximum atomic E-state index is 12.2. The van der Waals surface area contributed by atoms with Crippen molar-refractivity contribution < 1.29 is 23.5 Å². The number of benzene rings is 2. The molecule has 2 aromatic carbocycles. The topological polar surface area (TPSA) is 94.8 Å². The van der Waals surface area contributed by atoms with Gasteiger partial charge < -0.3 is 13.9 Å². The first-order valence-corrected chi connectivity index (χ1v) is 8.70. The molecule has 0 spiro atoms. The van der Waals surface area contributed by atoms with Gasteiger partial charge in [-0.3, -0.25) is 5.32 Å². The van der Waals surface area contributed by atoms with Crippen molar-refractivity contribution >= 4 is 28.7 Å². The largest absolute Gasteiger partial charge is 0.457 e. The summed E-state index contributed by atoms with van der Waals surface area (Å²) in [6.07, 6.45) is -0.604. The first-order chi connectivity index (χ1) is 13.5. The Kier molecular flexibility index (Phi) is 5.74. The van der Waals surface area contributed by atoms with Gasteiger partial charge in [-0.1, -0.05) is 17.7 Å². The summed E-state index contributed by atoms with van der Waals surface area (Å²) >= 11 is 0. The van der Waals surface area contributed by atoms with Crippen LogP contribution in [0, 0.1) is 6.92 Å². The molecule has 0 saturated carbocycles. The number of amides is 1. The molecule has 0 unspecified atom stereocenters. The molecule has 0 bridgehead atoms. The maximum Gasteiger partial charge on any atom is 0.411 e. The number of anilines is 1. The second-order valence-electron chi connectivity index (χ2n) is 6.09. The Bertz CT molecular complexity index is 1070. The van der Waals surface area contributed by atoms with Gasteiger partial charge in [0.2, 0.25) is 0 Å². The smallest absolute Gasteiger partial charge is 0.411 e. The fourth-order valence-electron chi connectivity index (χ4n) is 2.63. The summed E-state index contributed by atoms with van der Waals surface area (Å²) in [6.45, 7) is 3.78. The number of hydrogen-bond acceptors (Lipinski definition) is 6. The lowest BCUT2D eigenvalue weighted by atomic mass is 10.1. The molecule has 1 amide bonds. The molecular formula is C21H19NO6. The Morgan fingerprint density at radius 2 is 1.79 bits per heavy atom. The summed E-state index contributed by atoms with van der Waals surface area (Å²) < 4.78 is 15.4. The van der Waals surface area contributed by atoms with Crippen molar-refractivity contribution in [3.05, 3.63) is 75.6 Å². The molecule has 0 radical (unpaired) electrons. The van der Waals surface area contributed by atoms with Crippen molar-refractivity contribution in [2.45, 2.75) is 20.5 Å². The predicted molar refractivity (Wildman–Crippen MR) is 103 cm³/mol. The minimum Gasteiger partial charge on any atom is -0.457 e. The molecule has 0 aliphatic carbocycles. The van der Waals surface area contributed by atoms with Crippen molar-refractivity contribution in [1.29, 1.82) is 0 Å². The first kappa shape index (κ1) is 19.2. The van der Waals surface area contributed by atoms with E-state index in [0.717, 1.165) is 5.56 Å². The second kappa shape index (κ2) is 8.39. The zero-order valence-electron chi connectivity index (χ0n) is 15.5. The van der Waals surface area contributed by atoms with Crippen LogP contribution in [0.25, 0.3) is 11.0 Å². The van der Waals surface area contributed by atoms with Crippen molar-refractivity contribution in [2.75, 3.05) is 11.9 Å². The van der Waals surface area contributed by atoms with Crippen LogP contribution >= 0.6 is 0 Å². The van der Waals surface area contributed by atoms with E-state index in [2.05, 4.69) is 5.32 Å². The van der Waals surface area contributed by atoms with Crippen LogP contribution in [0.5, 0.6) is 0 Å². The van der Waals surface area contributed by atoms with Crippen LogP contribution < -0.4 is 10.9 Å². The van der Waals surface area contributed by atoms with Crippen LogP contribution in [0.4, 0.5) is 10.5 Å². The fourth-order valence-corrected chi connectivity index (χ4v) is 2.63. The molecule has 0 aliphatic rings. The number of carbonyl (C=O) groups excluding carboxylic acids is 2. The van der Waals surface area contributed by atoms with E-state index in [1.165, 1.54) is 12.1 Å². The molecule has 7 nitrogen and oxygen atoms in total. The van der Waals surface area contributed by atoms with E-state index in [-0.39, 0.29) is 18.8 Å². The SMILES string of the molecule is CCOC(=O)Nc1ccc2c(COC(=O)c3ccc(C)cc3)cc(=O)oc2c1. The lowest BCUT2D eigenvalue weighted by molar-refractivity contribution is 0.0473. The average molecular weight is 381 g/mol. The van der Waals surface area contributed by atoms with Crippen molar-refractivity contribution in [2.24, 2.45) is 0 Å². The van der Waals surface area contributed by atoms with Crippen molar-refractivity contribution in [1.82, 2.24) is 0 Å². The molecule has 1 aromatic heterocycles.